The summed E-state index contributed by atoms with van der Waals surface area (Å²) in [5, 5.41) is 12.3. The number of hydrogen-bond donors (Lipinski definition) is 10. The van der Waals surface area contributed by atoms with Crippen LogP contribution in [-0.2, 0) is 31.1 Å². The van der Waals surface area contributed by atoms with E-state index >= 15 is 0 Å². The van der Waals surface area contributed by atoms with Crippen molar-refractivity contribution in [3.8, 4) is 5.95 Å². The second-order valence-corrected chi connectivity index (χ2v) is 15.7. The Balaban J connectivity index is 0.000000382. The van der Waals surface area contributed by atoms with E-state index in [1.165, 1.54) is 20.8 Å². The Hall–Kier alpha value is -1.26. The summed E-state index contributed by atoms with van der Waals surface area (Å²) < 4.78 is 59.6. The fourth-order valence-electron chi connectivity index (χ4n) is 2.74. The predicted octanol–water partition coefficient (Wildman–Crippen LogP) is -0.239. The van der Waals surface area contributed by atoms with Crippen LogP contribution in [-0.4, -0.2) is 76.1 Å². The summed E-state index contributed by atoms with van der Waals surface area (Å²) in [6.45, 7) is 5.98. The summed E-state index contributed by atoms with van der Waals surface area (Å²) in [6.07, 6.45) is -2.13. The van der Waals surface area contributed by atoms with Gasteiger partial charge in [-0.25, -0.2) is 9.97 Å². The minimum absolute atomic E-state index is 0.0576. The third-order valence-corrected chi connectivity index (χ3v) is 12.2. The molecule has 0 saturated carbocycles. The minimum Gasteiger partial charge on any atom is -0.464 e. The lowest BCUT2D eigenvalue weighted by Crippen LogP contribution is -2.31. The molecule has 220 valence electrons. The molecule has 0 bridgehead atoms. The van der Waals surface area contributed by atoms with Gasteiger partial charge in [0.15, 0.2) is 11.8 Å². The molecule has 0 fully saturated rings. The third-order valence-electron chi connectivity index (χ3n) is 4.72. The molecule has 2 heterocycles. The molecule has 0 unspecified atom stereocenters. The number of aliphatic hydroxyl groups is 2. The molecule has 38 heavy (non-hydrogen) atoms. The van der Waals surface area contributed by atoms with Gasteiger partial charge in [-0.1, -0.05) is 0 Å². The second-order valence-electron chi connectivity index (χ2n) is 7.71. The molecule has 0 aromatic carbocycles. The van der Waals surface area contributed by atoms with Crippen LogP contribution in [0.4, 0.5) is 0 Å². The molecule has 0 amide bonds. The SMILES string of the molecule is CCOc1oc(C)nc1CC(O)(P(=O)(O)O)P(=O)(O)O.Cc1nc(CC(O)(P(=O)(O)O)P(=O)(O)O)c(C)o1. The van der Waals surface area contributed by atoms with Crippen molar-refractivity contribution in [3.05, 3.63) is 28.9 Å². The quantitative estimate of drug-likeness (QED) is 0.151. The number of hydrogen-bond acceptors (Lipinski definition) is 11. The van der Waals surface area contributed by atoms with Gasteiger partial charge in [0.2, 0.25) is 0 Å². The molecule has 0 radical (unpaired) electrons. The van der Waals surface area contributed by atoms with Crippen LogP contribution in [0.5, 0.6) is 5.95 Å². The Morgan fingerprint density at radius 1 is 0.684 bits per heavy atom. The largest absolute Gasteiger partial charge is 0.464 e. The van der Waals surface area contributed by atoms with Crippen molar-refractivity contribution >= 4 is 30.4 Å². The average Bonchev–Trinajstić information content (AvgIpc) is 3.19. The van der Waals surface area contributed by atoms with E-state index in [-0.39, 0.29) is 41.5 Å². The van der Waals surface area contributed by atoms with Crippen molar-refractivity contribution in [2.75, 3.05) is 6.61 Å². The maximum Gasteiger partial charge on any atom is 0.369 e. The summed E-state index contributed by atoms with van der Waals surface area (Å²) >= 11 is 0. The zero-order valence-electron chi connectivity index (χ0n) is 20.1. The van der Waals surface area contributed by atoms with E-state index in [1.54, 1.807) is 6.92 Å². The van der Waals surface area contributed by atoms with Gasteiger partial charge in [0.25, 0.3) is 10.2 Å². The zero-order chi connectivity index (χ0) is 30.1. The van der Waals surface area contributed by atoms with Crippen LogP contribution >= 0.6 is 30.4 Å². The summed E-state index contributed by atoms with van der Waals surface area (Å²) in [4.78, 5) is 79.3. The van der Waals surface area contributed by atoms with Crippen LogP contribution in [0.3, 0.4) is 0 Å². The van der Waals surface area contributed by atoms with E-state index < -0.39 is 53.4 Å². The lowest BCUT2D eigenvalue weighted by Gasteiger charge is -2.28. The molecule has 0 aliphatic rings. The van der Waals surface area contributed by atoms with Crippen LogP contribution in [0.15, 0.2) is 8.83 Å². The van der Waals surface area contributed by atoms with Crippen molar-refractivity contribution in [1.82, 2.24) is 9.97 Å². The number of ether oxygens (including phenoxy) is 1. The Kier molecular flexibility index (Phi) is 10.7. The third kappa shape index (κ3) is 7.68. The molecule has 0 aliphatic carbocycles. The highest BCUT2D eigenvalue weighted by atomic mass is 31.2. The first-order valence-electron chi connectivity index (χ1n) is 10.00. The number of nitrogens with zero attached hydrogens (tertiary/aromatic N) is 2. The smallest absolute Gasteiger partial charge is 0.369 e. The average molecular weight is 632 g/mol. The maximum absolute atomic E-state index is 11.2. The van der Waals surface area contributed by atoms with Crippen molar-refractivity contribution in [2.24, 2.45) is 0 Å². The number of aromatic nitrogens is 2. The van der Waals surface area contributed by atoms with Gasteiger partial charge in [-0.3, -0.25) is 18.3 Å². The number of oxazole rings is 2. The standard InChI is InChI=1S/C8H15NO9P2.C7H13NO8P2/c1-3-17-7-6(9-5(2)18-7)4-8(10,19(11,12)13)20(14,15)16;1-4-6(8-5(2)16-4)3-7(9,17(10,11)12)18(13,14)15/h10H,3-4H2,1-2H3,(H2,11,12,13)(H2,14,15,16);9H,3H2,1-2H3,(H2,10,11,12)(H2,13,14,15). The second kappa shape index (κ2) is 11.7. The van der Waals surface area contributed by atoms with Gasteiger partial charge in [0.05, 0.1) is 12.3 Å². The normalized spacial score (nSPS) is 13.7. The molecule has 0 saturated heterocycles. The van der Waals surface area contributed by atoms with Gasteiger partial charge in [-0.2, -0.15) is 0 Å². The van der Waals surface area contributed by atoms with Crippen molar-refractivity contribution in [3.63, 3.8) is 0 Å². The topological polar surface area (TPSA) is 332 Å². The van der Waals surface area contributed by atoms with E-state index in [4.69, 9.17) is 52.7 Å². The van der Waals surface area contributed by atoms with Gasteiger partial charge in [-0.15, -0.1) is 0 Å². The first kappa shape index (κ1) is 34.8. The molecule has 10 N–H and O–H groups in total. The lowest BCUT2D eigenvalue weighted by molar-refractivity contribution is 0.128. The molecular formula is C15H28N2O17P4. The van der Waals surface area contributed by atoms with E-state index in [2.05, 4.69) is 9.97 Å². The first-order chi connectivity index (χ1) is 16.8. The van der Waals surface area contributed by atoms with Crippen molar-refractivity contribution in [1.29, 1.82) is 0 Å². The molecule has 0 atom stereocenters. The fourth-order valence-corrected chi connectivity index (χ4v) is 6.88. The van der Waals surface area contributed by atoms with E-state index in [0.717, 1.165) is 0 Å². The summed E-state index contributed by atoms with van der Waals surface area (Å²) in [5.74, 6) is 0.0710. The van der Waals surface area contributed by atoms with Crippen LogP contribution in [0.25, 0.3) is 0 Å². The highest BCUT2D eigenvalue weighted by molar-refractivity contribution is 7.72. The highest BCUT2D eigenvalue weighted by Crippen LogP contribution is 2.69. The van der Waals surface area contributed by atoms with Crippen molar-refractivity contribution in [2.45, 2.75) is 50.7 Å². The van der Waals surface area contributed by atoms with E-state index in [9.17, 15) is 28.5 Å². The van der Waals surface area contributed by atoms with Gasteiger partial charge in [0.1, 0.15) is 11.5 Å². The molecule has 23 heteroatoms. The Morgan fingerprint density at radius 2 is 1.03 bits per heavy atom. The Labute approximate surface area is 214 Å². The molecule has 2 aromatic rings. The highest BCUT2D eigenvalue weighted by Gasteiger charge is 2.61. The Morgan fingerprint density at radius 3 is 1.34 bits per heavy atom. The molecular weight excluding hydrogens is 604 g/mol. The number of aryl methyl sites for hydroxylation is 3. The van der Waals surface area contributed by atoms with Gasteiger partial charge < -0.3 is 62.9 Å². The molecule has 19 nitrogen and oxygen atoms in total. The van der Waals surface area contributed by atoms with Crippen LogP contribution < -0.4 is 4.74 Å². The predicted molar refractivity (Wildman–Crippen MR) is 124 cm³/mol. The van der Waals surface area contributed by atoms with E-state index in [1.807, 2.05) is 0 Å². The van der Waals surface area contributed by atoms with Gasteiger partial charge in [0, 0.05) is 26.7 Å². The lowest BCUT2D eigenvalue weighted by atomic mass is 10.3. The Bertz CT molecular complexity index is 1270. The van der Waals surface area contributed by atoms with Gasteiger partial charge >= 0.3 is 36.3 Å². The summed E-state index contributed by atoms with van der Waals surface area (Å²) in [7, 11) is -22.0. The van der Waals surface area contributed by atoms with Crippen LogP contribution in [0.2, 0.25) is 0 Å². The monoisotopic (exact) mass is 632 g/mol. The first-order valence-corrected chi connectivity index (χ1v) is 16.4. The summed E-state index contributed by atoms with van der Waals surface area (Å²) in [5.41, 5.74) is -0.417. The molecule has 2 rings (SSSR count). The minimum atomic E-state index is -5.55. The fraction of sp³-hybridized carbons (Fsp3) is 0.600. The molecule has 0 spiro atoms. The molecule has 2 aromatic heterocycles. The van der Waals surface area contributed by atoms with Gasteiger partial charge in [-0.05, 0) is 13.8 Å². The maximum atomic E-state index is 11.2. The van der Waals surface area contributed by atoms with E-state index in [0.29, 0.717) is 0 Å². The van der Waals surface area contributed by atoms with Crippen LogP contribution in [0.1, 0.15) is 35.9 Å². The zero-order valence-corrected chi connectivity index (χ0v) is 23.7. The number of rotatable bonds is 10. The van der Waals surface area contributed by atoms with Crippen molar-refractivity contribution < 1.29 is 81.2 Å². The molecule has 0 aliphatic heterocycles. The van der Waals surface area contributed by atoms with Crippen LogP contribution in [0, 0.1) is 20.8 Å². The summed E-state index contributed by atoms with van der Waals surface area (Å²) in [6, 6.07) is 0.